The van der Waals surface area contributed by atoms with E-state index in [4.69, 9.17) is 5.73 Å². The minimum atomic E-state index is -0.205. The first-order valence-corrected chi connectivity index (χ1v) is 6.48. The summed E-state index contributed by atoms with van der Waals surface area (Å²) < 4.78 is 1.56. The summed E-state index contributed by atoms with van der Waals surface area (Å²) in [6, 6.07) is 3.75. The average Bonchev–Trinajstić information content (AvgIpc) is 2.70. The monoisotopic (exact) mass is 265 g/mol. The van der Waals surface area contributed by atoms with Crippen LogP contribution in [0.15, 0.2) is 33.3 Å². The van der Waals surface area contributed by atoms with Gasteiger partial charge in [0, 0.05) is 18.8 Å². The van der Waals surface area contributed by atoms with Crippen LogP contribution in [-0.4, -0.2) is 19.7 Å². The van der Waals surface area contributed by atoms with Gasteiger partial charge in [-0.25, -0.2) is 14.9 Å². The normalized spacial score (nSPS) is 12.6. The lowest BCUT2D eigenvalue weighted by Gasteiger charge is -2.07. The second kappa shape index (κ2) is 5.36. The Bertz CT molecular complexity index is 589. The van der Waals surface area contributed by atoms with E-state index in [0.717, 1.165) is 10.6 Å². The standard InChI is InChI=1S/C11H15N5OS/c1-3-16-10(17)14-15-11(16)18-9-6-8(7(2)12)4-5-13-9/h4-7H,3,12H2,1-2H3,(H,14,17)/t7-/m0/s1. The molecule has 2 aromatic rings. The fourth-order valence-electron chi connectivity index (χ4n) is 1.52. The molecule has 0 bridgehead atoms. The molecule has 0 aliphatic carbocycles. The third kappa shape index (κ3) is 2.62. The molecule has 18 heavy (non-hydrogen) atoms. The zero-order valence-corrected chi connectivity index (χ0v) is 11.1. The van der Waals surface area contributed by atoms with Crippen LogP contribution in [0.3, 0.4) is 0 Å². The third-order valence-electron chi connectivity index (χ3n) is 2.52. The van der Waals surface area contributed by atoms with Crippen LogP contribution >= 0.6 is 11.8 Å². The lowest BCUT2D eigenvalue weighted by Crippen LogP contribution is -2.16. The number of aromatic nitrogens is 4. The van der Waals surface area contributed by atoms with Gasteiger partial charge in [-0.3, -0.25) is 4.57 Å². The van der Waals surface area contributed by atoms with Crippen molar-refractivity contribution in [2.75, 3.05) is 0 Å². The van der Waals surface area contributed by atoms with Gasteiger partial charge in [0.15, 0.2) is 5.16 Å². The summed E-state index contributed by atoms with van der Waals surface area (Å²) in [5, 5.41) is 7.79. The van der Waals surface area contributed by atoms with Gasteiger partial charge in [-0.2, -0.15) is 0 Å². The van der Waals surface area contributed by atoms with Crippen LogP contribution in [0.4, 0.5) is 0 Å². The molecule has 0 unspecified atom stereocenters. The highest BCUT2D eigenvalue weighted by atomic mass is 32.2. The fourth-order valence-corrected chi connectivity index (χ4v) is 2.43. The largest absolute Gasteiger partial charge is 0.343 e. The Morgan fingerprint density at radius 1 is 1.61 bits per heavy atom. The van der Waals surface area contributed by atoms with Gasteiger partial charge in [0.25, 0.3) is 0 Å². The van der Waals surface area contributed by atoms with Gasteiger partial charge in [0.05, 0.1) is 0 Å². The zero-order chi connectivity index (χ0) is 13.1. The lowest BCUT2D eigenvalue weighted by atomic mass is 10.1. The highest BCUT2D eigenvalue weighted by molar-refractivity contribution is 7.99. The van der Waals surface area contributed by atoms with E-state index < -0.39 is 0 Å². The van der Waals surface area contributed by atoms with Crippen molar-refractivity contribution < 1.29 is 0 Å². The molecule has 0 saturated carbocycles. The van der Waals surface area contributed by atoms with Gasteiger partial charge in [-0.1, -0.05) is 0 Å². The number of pyridine rings is 1. The third-order valence-corrected chi connectivity index (χ3v) is 3.45. The molecule has 0 spiro atoms. The number of hydrogen-bond acceptors (Lipinski definition) is 5. The Morgan fingerprint density at radius 3 is 3.06 bits per heavy atom. The van der Waals surface area contributed by atoms with Gasteiger partial charge < -0.3 is 5.73 Å². The number of nitrogens with two attached hydrogens (primary N) is 1. The van der Waals surface area contributed by atoms with Crippen LogP contribution in [0.2, 0.25) is 0 Å². The molecule has 96 valence electrons. The average molecular weight is 265 g/mol. The first kappa shape index (κ1) is 12.8. The number of rotatable bonds is 4. The van der Waals surface area contributed by atoms with Crippen molar-refractivity contribution in [2.45, 2.75) is 36.6 Å². The molecule has 0 saturated heterocycles. The van der Waals surface area contributed by atoms with Crippen LogP contribution in [0, 0.1) is 0 Å². The second-order valence-electron chi connectivity index (χ2n) is 3.87. The number of aromatic amines is 1. The fraction of sp³-hybridized carbons (Fsp3) is 0.364. The van der Waals surface area contributed by atoms with Crippen molar-refractivity contribution in [3.8, 4) is 0 Å². The minimum Gasteiger partial charge on any atom is -0.324 e. The predicted octanol–water partition coefficient (Wildman–Crippen LogP) is 1.16. The molecule has 2 heterocycles. The van der Waals surface area contributed by atoms with E-state index in [-0.39, 0.29) is 11.7 Å². The quantitative estimate of drug-likeness (QED) is 0.865. The maximum absolute atomic E-state index is 11.4. The van der Waals surface area contributed by atoms with Crippen molar-refractivity contribution in [3.05, 3.63) is 34.4 Å². The Kier molecular flexibility index (Phi) is 3.83. The number of hydrogen-bond donors (Lipinski definition) is 2. The van der Waals surface area contributed by atoms with E-state index in [1.807, 2.05) is 26.0 Å². The Balaban J connectivity index is 2.28. The molecule has 0 radical (unpaired) electrons. The van der Waals surface area contributed by atoms with Crippen molar-refractivity contribution in [1.82, 2.24) is 19.7 Å². The Labute approximate surface area is 109 Å². The van der Waals surface area contributed by atoms with Crippen molar-refractivity contribution in [3.63, 3.8) is 0 Å². The van der Waals surface area contributed by atoms with E-state index >= 15 is 0 Å². The van der Waals surface area contributed by atoms with Gasteiger partial charge in [-0.15, -0.1) is 5.10 Å². The van der Waals surface area contributed by atoms with E-state index in [1.165, 1.54) is 11.8 Å². The van der Waals surface area contributed by atoms with Crippen molar-refractivity contribution >= 4 is 11.8 Å². The van der Waals surface area contributed by atoms with Crippen LogP contribution in [-0.2, 0) is 6.54 Å². The molecule has 1 atom stereocenters. The lowest BCUT2D eigenvalue weighted by molar-refractivity contribution is 0.660. The maximum atomic E-state index is 11.4. The summed E-state index contributed by atoms with van der Waals surface area (Å²) in [6.45, 7) is 4.39. The highest BCUT2D eigenvalue weighted by Crippen LogP contribution is 2.24. The SMILES string of the molecule is CCn1c(Sc2cc([C@H](C)N)ccn2)n[nH]c1=O. The first-order chi connectivity index (χ1) is 8.61. The van der Waals surface area contributed by atoms with Crippen LogP contribution in [0.25, 0.3) is 0 Å². The summed E-state index contributed by atoms with van der Waals surface area (Å²) in [7, 11) is 0. The minimum absolute atomic E-state index is 0.0418. The number of nitrogens with one attached hydrogen (secondary N) is 1. The van der Waals surface area contributed by atoms with E-state index in [0.29, 0.717) is 11.7 Å². The Hall–Kier alpha value is -1.60. The van der Waals surface area contributed by atoms with Crippen molar-refractivity contribution in [1.29, 1.82) is 0 Å². The summed E-state index contributed by atoms with van der Waals surface area (Å²) in [5.74, 6) is 0. The van der Waals surface area contributed by atoms with Gasteiger partial charge >= 0.3 is 5.69 Å². The molecule has 0 aliphatic heterocycles. The highest BCUT2D eigenvalue weighted by Gasteiger charge is 2.10. The molecule has 0 aliphatic rings. The number of nitrogens with zero attached hydrogens (tertiary/aromatic N) is 3. The molecule has 2 rings (SSSR count). The second-order valence-corrected chi connectivity index (χ2v) is 4.86. The Morgan fingerprint density at radius 2 is 2.39 bits per heavy atom. The maximum Gasteiger partial charge on any atom is 0.343 e. The van der Waals surface area contributed by atoms with Gasteiger partial charge in [0.2, 0.25) is 0 Å². The molecular weight excluding hydrogens is 250 g/mol. The molecular formula is C11H15N5OS. The molecule has 7 heteroatoms. The molecule has 3 N–H and O–H groups in total. The molecule has 6 nitrogen and oxygen atoms in total. The number of H-pyrrole nitrogens is 1. The topological polar surface area (TPSA) is 89.6 Å². The van der Waals surface area contributed by atoms with E-state index in [1.54, 1.807) is 10.8 Å². The molecule has 0 fully saturated rings. The van der Waals surface area contributed by atoms with Gasteiger partial charge in [-0.05, 0) is 43.3 Å². The molecule has 0 amide bonds. The predicted molar refractivity (Wildman–Crippen MR) is 69.5 cm³/mol. The molecule has 2 aromatic heterocycles. The smallest absolute Gasteiger partial charge is 0.324 e. The van der Waals surface area contributed by atoms with E-state index in [9.17, 15) is 4.79 Å². The van der Waals surface area contributed by atoms with Crippen molar-refractivity contribution in [2.24, 2.45) is 5.73 Å². The van der Waals surface area contributed by atoms with Crippen LogP contribution in [0.1, 0.15) is 25.5 Å². The molecule has 0 aromatic carbocycles. The first-order valence-electron chi connectivity index (χ1n) is 5.66. The summed E-state index contributed by atoms with van der Waals surface area (Å²) >= 11 is 1.35. The van der Waals surface area contributed by atoms with Crippen LogP contribution < -0.4 is 11.4 Å². The van der Waals surface area contributed by atoms with Gasteiger partial charge in [0.1, 0.15) is 5.03 Å². The van der Waals surface area contributed by atoms with E-state index in [2.05, 4.69) is 15.2 Å². The summed E-state index contributed by atoms with van der Waals surface area (Å²) in [4.78, 5) is 15.7. The summed E-state index contributed by atoms with van der Waals surface area (Å²) in [6.07, 6.45) is 1.71. The van der Waals surface area contributed by atoms with Crippen LogP contribution in [0.5, 0.6) is 0 Å². The zero-order valence-electron chi connectivity index (χ0n) is 10.3. The summed E-state index contributed by atoms with van der Waals surface area (Å²) in [5.41, 5.74) is 6.62.